The molecule has 0 aromatic heterocycles. The van der Waals surface area contributed by atoms with Gasteiger partial charge in [0.05, 0.1) is 12.9 Å². The van der Waals surface area contributed by atoms with Gasteiger partial charge in [-0.15, -0.1) is 0 Å². The quantitative estimate of drug-likeness (QED) is 0.337. The topological polar surface area (TPSA) is 27.7 Å². The highest BCUT2D eigenvalue weighted by Crippen LogP contribution is 2.02. The van der Waals surface area contributed by atoms with Crippen LogP contribution >= 0.6 is 0 Å². The normalized spacial score (nSPS) is 11.4. The molecule has 0 aliphatic carbocycles. The molecule has 0 atom stereocenters. The minimum Gasteiger partial charge on any atom is -0.502 e. The van der Waals surface area contributed by atoms with E-state index < -0.39 is 9.28 Å². The second-order valence-electron chi connectivity index (χ2n) is 2.82. The van der Waals surface area contributed by atoms with E-state index in [-0.39, 0.29) is 0 Å². The van der Waals surface area contributed by atoms with Crippen LogP contribution in [-0.4, -0.2) is 29.1 Å². The average molecular weight is 218 g/mol. The Labute approximate surface area is 88.9 Å². The van der Waals surface area contributed by atoms with Crippen molar-refractivity contribution < 1.29 is 13.6 Å². The molecule has 0 rings (SSSR count). The average Bonchev–Trinajstić information content (AvgIpc) is 2.18. The first-order valence-electron chi connectivity index (χ1n) is 5.31. The number of rotatable bonds is 9. The van der Waals surface area contributed by atoms with E-state index in [0.717, 1.165) is 32.3 Å². The predicted octanol–water partition coefficient (Wildman–Crippen LogP) is 2.22. The monoisotopic (exact) mass is 218 g/mol. The van der Waals surface area contributed by atoms with E-state index >= 15 is 0 Å². The fourth-order valence-electron chi connectivity index (χ4n) is 1.08. The Morgan fingerprint density at radius 3 is 2.29 bits per heavy atom. The summed E-state index contributed by atoms with van der Waals surface area (Å²) in [5.41, 5.74) is 0. The highest BCUT2D eigenvalue weighted by atomic mass is 28.3. The maximum atomic E-state index is 5.53. The lowest BCUT2D eigenvalue weighted by molar-refractivity contribution is 0.204. The van der Waals surface area contributed by atoms with Gasteiger partial charge in [-0.1, -0.05) is 6.08 Å². The van der Waals surface area contributed by atoms with Crippen molar-refractivity contribution in [1.82, 2.24) is 0 Å². The Morgan fingerprint density at radius 2 is 1.79 bits per heavy atom. The highest BCUT2D eigenvalue weighted by molar-refractivity contribution is 6.44. The molecule has 0 aliphatic heterocycles. The van der Waals surface area contributed by atoms with Crippen LogP contribution in [0.15, 0.2) is 12.3 Å². The molecule has 14 heavy (non-hydrogen) atoms. The van der Waals surface area contributed by atoms with Crippen molar-refractivity contribution in [2.45, 2.75) is 33.2 Å². The van der Waals surface area contributed by atoms with Crippen LogP contribution in [0.4, 0.5) is 0 Å². The third-order valence-corrected chi connectivity index (χ3v) is 3.93. The SMILES string of the molecule is CC=COCCC[SiH](OCC)OCC. The zero-order valence-electron chi connectivity index (χ0n) is 9.49. The summed E-state index contributed by atoms with van der Waals surface area (Å²) < 4.78 is 16.3. The van der Waals surface area contributed by atoms with Gasteiger partial charge in [0.25, 0.3) is 0 Å². The fourth-order valence-corrected chi connectivity index (χ4v) is 2.76. The van der Waals surface area contributed by atoms with E-state index in [2.05, 4.69) is 0 Å². The van der Waals surface area contributed by atoms with Gasteiger partial charge >= 0.3 is 9.28 Å². The molecule has 0 spiro atoms. The first kappa shape index (κ1) is 13.7. The van der Waals surface area contributed by atoms with E-state index in [1.807, 2.05) is 26.8 Å². The molecule has 0 bridgehead atoms. The first-order chi connectivity index (χ1) is 6.85. The Hall–Kier alpha value is -0.323. The Kier molecular flexibility index (Phi) is 10.5. The van der Waals surface area contributed by atoms with Crippen LogP contribution in [0.2, 0.25) is 6.04 Å². The summed E-state index contributed by atoms with van der Waals surface area (Å²) in [5, 5.41) is 0. The van der Waals surface area contributed by atoms with Gasteiger partial charge in [-0.25, -0.2) is 0 Å². The van der Waals surface area contributed by atoms with Crippen molar-refractivity contribution in [1.29, 1.82) is 0 Å². The van der Waals surface area contributed by atoms with E-state index in [0.29, 0.717) is 0 Å². The number of ether oxygens (including phenoxy) is 1. The lowest BCUT2D eigenvalue weighted by atomic mass is 10.5. The molecule has 0 amide bonds. The predicted molar refractivity (Wildman–Crippen MR) is 60.6 cm³/mol. The maximum absolute atomic E-state index is 5.53. The van der Waals surface area contributed by atoms with Crippen LogP contribution in [0.25, 0.3) is 0 Å². The number of hydrogen-bond donors (Lipinski definition) is 0. The van der Waals surface area contributed by atoms with Gasteiger partial charge in [-0.2, -0.15) is 0 Å². The molecule has 0 saturated carbocycles. The fraction of sp³-hybridized carbons (Fsp3) is 0.800. The summed E-state index contributed by atoms with van der Waals surface area (Å²) in [5.74, 6) is 0. The van der Waals surface area contributed by atoms with E-state index in [1.54, 1.807) is 6.26 Å². The zero-order chi connectivity index (χ0) is 10.6. The van der Waals surface area contributed by atoms with Crippen molar-refractivity contribution in [3.63, 3.8) is 0 Å². The van der Waals surface area contributed by atoms with Crippen LogP contribution < -0.4 is 0 Å². The summed E-state index contributed by atoms with van der Waals surface area (Å²) in [6, 6.07) is 1.03. The molecule has 84 valence electrons. The van der Waals surface area contributed by atoms with Gasteiger partial charge in [-0.05, 0) is 33.2 Å². The van der Waals surface area contributed by atoms with Crippen molar-refractivity contribution in [3.05, 3.63) is 12.3 Å². The Balaban J connectivity index is 3.39. The maximum Gasteiger partial charge on any atom is 0.321 e. The van der Waals surface area contributed by atoms with Crippen LogP contribution in [-0.2, 0) is 13.6 Å². The molecule has 0 saturated heterocycles. The van der Waals surface area contributed by atoms with E-state index in [9.17, 15) is 0 Å². The van der Waals surface area contributed by atoms with Crippen molar-refractivity contribution in [2.75, 3.05) is 19.8 Å². The van der Waals surface area contributed by atoms with Gasteiger partial charge in [0.2, 0.25) is 0 Å². The molecule has 0 fully saturated rings. The number of hydrogen-bond acceptors (Lipinski definition) is 3. The molecular formula is C10H22O3Si. The Bertz CT molecular complexity index is 133. The first-order valence-corrected chi connectivity index (χ1v) is 7.07. The summed E-state index contributed by atoms with van der Waals surface area (Å²) in [6.07, 6.45) is 4.62. The third-order valence-electron chi connectivity index (χ3n) is 1.64. The van der Waals surface area contributed by atoms with Gasteiger partial charge < -0.3 is 13.6 Å². The van der Waals surface area contributed by atoms with Gasteiger partial charge in [0.1, 0.15) is 0 Å². The van der Waals surface area contributed by atoms with Crippen molar-refractivity contribution in [3.8, 4) is 0 Å². The van der Waals surface area contributed by atoms with Crippen LogP contribution in [0, 0.1) is 0 Å². The lowest BCUT2D eigenvalue weighted by Crippen LogP contribution is -2.23. The molecular weight excluding hydrogens is 196 g/mol. The molecule has 0 heterocycles. The lowest BCUT2D eigenvalue weighted by Gasteiger charge is -2.14. The van der Waals surface area contributed by atoms with Crippen LogP contribution in [0.5, 0.6) is 0 Å². The third kappa shape index (κ3) is 8.28. The minimum atomic E-state index is -1.39. The van der Waals surface area contributed by atoms with Gasteiger partial charge in [0.15, 0.2) is 0 Å². The molecule has 0 N–H and O–H groups in total. The summed E-state index contributed by atoms with van der Waals surface area (Å²) in [7, 11) is -1.39. The molecule has 3 nitrogen and oxygen atoms in total. The Morgan fingerprint density at radius 1 is 1.14 bits per heavy atom. The minimum absolute atomic E-state index is 0.757. The molecule has 4 heteroatoms. The standard InChI is InChI=1S/C10H22O3Si/c1-4-8-11-9-7-10-14(12-5-2)13-6-3/h4,8,14H,5-7,9-10H2,1-3H3. The second kappa shape index (κ2) is 10.8. The van der Waals surface area contributed by atoms with Crippen molar-refractivity contribution in [2.24, 2.45) is 0 Å². The van der Waals surface area contributed by atoms with Gasteiger partial charge in [-0.3, -0.25) is 0 Å². The van der Waals surface area contributed by atoms with E-state index in [4.69, 9.17) is 13.6 Å². The molecule has 0 aromatic rings. The number of allylic oxidation sites excluding steroid dienone is 1. The molecule has 0 radical (unpaired) electrons. The van der Waals surface area contributed by atoms with Crippen LogP contribution in [0.1, 0.15) is 27.2 Å². The summed E-state index contributed by atoms with van der Waals surface area (Å²) in [6.45, 7) is 8.23. The van der Waals surface area contributed by atoms with Crippen LogP contribution in [0.3, 0.4) is 0 Å². The highest BCUT2D eigenvalue weighted by Gasteiger charge is 2.10. The zero-order valence-corrected chi connectivity index (χ0v) is 10.6. The smallest absolute Gasteiger partial charge is 0.321 e. The van der Waals surface area contributed by atoms with Crippen molar-refractivity contribution >= 4 is 9.28 Å². The molecule has 0 aliphatic rings. The summed E-state index contributed by atoms with van der Waals surface area (Å²) in [4.78, 5) is 0. The molecule has 0 aromatic carbocycles. The van der Waals surface area contributed by atoms with E-state index in [1.165, 1.54) is 0 Å². The molecule has 0 unspecified atom stereocenters. The second-order valence-corrected chi connectivity index (χ2v) is 4.93. The largest absolute Gasteiger partial charge is 0.502 e. The van der Waals surface area contributed by atoms with Gasteiger partial charge in [0, 0.05) is 13.2 Å². The summed E-state index contributed by atoms with van der Waals surface area (Å²) >= 11 is 0.